The average Bonchev–Trinajstić information content (AvgIpc) is 1.98. The van der Waals surface area contributed by atoms with E-state index in [4.69, 9.17) is 15.6 Å². The van der Waals surface area contributed by atoms with Crippen molar-refractivity contribution in [1.29, 1.82) is 0 Å². The molecule has 6 nitrogen and oxygen atoms in total. The van der Waals surface area contributed by atoms with Gasteiger partial charge in [-0.25, -0.2) is 4.79 Å². The van der Waals surface area contributed by atoms with Gasteiger partial charge < -0.3 is 15.6 Å². The number of aliphatic hydroxyl groups excluding tert-OH is 1. The lowest BCUT2D eigenvalue weighted by Crippen LogP contribution is -2.50. The summed E-state index contributed by atoms with van der Waals surface area (Å²) in [6, 6.07) is -1.14. The molecule has 0 aliphatic carbocycles. The lowest BCUT2D eigenvalue weighted by molar-refractivity contribution is -0.124. The Bertz CT molecular complexity index is 245. The first kappa shape index (κ1) is 13.9. The van der Waals surface area contributed by atoms with Crippen LogP contribution in [0.2, 0.25) is 0 Å². The van der Waals surface area contributed by atoms with Gasteiger partial charge in [-0.1, -0.05) is 0 Å². The van der Waals surface area contributed by atoms with Crippen molar-refractivity contribution in [2.75, 3.05) is 0 Å². The number of aliphatic hydroxyl groups is 1. The molecular formula is C9H18N2O4. The molecule has 0 aromatic rings. The maximum absolute atomic E-state index is 11.2. The second-order valence-corrected chi connectivity index (χ2v) is 4.26. The van der Waals surface area contributed by atoms with E-state index in [9.17, 15) is 9.59 Å². The number of imide groups is 1. The molecule has 6 heteroatoms. The highest BCUT2D eigenvalue weighted by Crippen LogP contribution is 2.06. The molecule has 0 rings (SSSR count). The van der Waals surface area contributed by atoms with E-state index in [1.165, 1.54) is 6.92 Å². The number of nitrogens with one attached hydrogen (secondary N) is 1. The van der Waals surface area contributed by atoms with Gasteiger partial charge in [-0.05, 0) is 27.7 Å². The van der Waals surface area contributed by atoms with Crippen molar-refractivity contribution in [2.45, 2.75) is 45.4 Å². The maximum atomic E-state index is 11.2. The molecule has 0 heterocycles. The van der Waals surface area contributed by atoms with Crippen LogP contribution in [0, 0.1) is 0 Å². The Kier molecular flexibility index (Phi) is 4.70. The van der Waals surface area contributed by atoms with Crippen LogP contribution in [0.1, 0.15) is 27.7 Å². The third kappa shape index (κ3) is 6.03. The van der Waals surface area contributed by atoms with Gasteiger partial charge in [0.25, 0.3) is 0 Å². The topological polar surface area (TPSA) is 102 Å². The number of hydrogen-bond acceptors (Lipinski definition) is 5. The maximum Gasteiger partial charge on any atom is 0.414 e. The minimum absolute atomic E-state index is 0.681. The number of rotatable bonds is 2. The number of carbonyl (C=O) groups is 2. The van der Waals surface area contributed by atoms with Crippen molar-refractivity contribution in [3.8, 4) is 0 Å². The van der Waals surface area contributed by atoms with Gasteiger partial charge in [0.2, 0.25) is 5.91 Å². The Balaban J connectivity index is 4.14. The SMILES string of the molecule is C[C@@H](O)[C@H](N)C(=O)NC(=O)OC(C)(C)C. The molecule has 4 N–H and O–H groups in total. The fraction of sp³-hybridized carbons (Fsp3) is 0.778. The molecule has 0 saturated carbocycles. The summed E-state index contributed by atoms with van der Waals surface area (Å²) in [5, 5.41) is 10.9. The second kappa shape index (κ2) is 5.09. The highest BCUT2D eigenvalue weighted by Gasteiger charge is 2.23. The Morgan fingerprint density at radius 3 is 2.20 bits per heavy atom. The lowest BCUT2D eigenvalue weighted by atomic mass is 10.2. The smallest absolute Gasteiger partial charge is 0.414 e. The normalized spacial score (nSPS) is 15.3. The van der Waals surface area contributed by atoms with Gasteiger partial charge in [0, 0.05) is 0 Å². The molecule has 0 aliphatic heterocycles. The summed E-state index contributed by atoms with van der Waals surface area (Å²) in [5.41, 5.74) is 4.62. The van der Waals surface area contributed by atoms with Crippen molar-refractivity contribution >= 4 is 12.0 Å². The Hall–Kier alpha value is -1.14. The van der Waals surface area contributed by atoms with E-state index in [-0.39, 0.29) is 0 Å². The molecule has 0 radical (unpaired) electrons. The minimum atomic E-state index is -1.14. The number of amides is 2. The van der Waals surface area contributed by atoms with Crippen LogP contribution < -0.4 is 11.1 Å². The molecule has 2 amide bonds. The van der Waals surface area contributed by atoms with E-state index < -0.39 is 29.7 Å². The van der Waals surface area contributed by atoms with Crippen LogP contribution in [0.5, 0.6) is 0 Å². The minimum Gasteiger partial charge on any atom is -0.444 e. The number of alkyl carbamates (subject to hydrolysis) is 1. The summed E-state index contributed by atoms with van der Waals surface area (Å²) < 4.78 is 4.83. The summed E-state index contributed by atoms with van der Waals surface area (Å²) >= 11 is 0. The number of ether oxygens (including phenoxy) is 1. The van der Waals surface area contributed by atoms with Gasteiger partial charge in [0.1, 0.15) is 11.6 Å². The van der Waals surface area contributed by atoms with Crippen molar-refractivity contribution in [3.63, 3.8) is 0 Å². The third-order valence-electron chi connectivity index (χ3n) is 1.45. The molecule has 0 saturated heterocycles. The molecule has 0 fully saturated rings. The van der Waals surface area contributed by atoms with E-state index in [1.54, 1.807) is 20.8 Å². The molecular weight excluding hydrogens is 200 g/mol. The zero-order valence-electron chi connectivity index (χ0n) is 9.40. The molecule has 15 heavy (non-hydrogen) atoms. The second-order valence-electron chi connectivity index (χ2n) is 4.26. The highest BCUT2D eigenvalue weighted by molar-refractivity contribution is 5.95. The monoisotopic (exact) mass is 218 g/mol. The van der Waals surface area contributed by atoms with E-state index in [2.05, 4.69) is 0 Å². The number of carbonyl (C=O) groups excluding carboxylic acids is 2. The van der Waals surface area contributed by atoms with Gasteiger partial charge in [-0.2, -0.15) is 0 Å². The predicted molar refractivity (Wildman–Crippen MR) is 54.0 cm³/mol. The fourth-order valence-electron chi connectivity index (χ4n) is 0.707. The molecule has 2 atom stereocenters. The molecule has 0 unspecified atom stereocenters. The Morgan fingerprint density at radius 1 is 1.40 bits per heavy atom. The van der Waals surface area contributed by atoms with Crippen molar-refractivity contribution in [1.82, 2.24) is 5.32 Å². The van der Waals surface area contributed by atoms with E-state index in [1.807, 2.05) is 5.32 Å². The zero-order chi connectivity index (χ0) is 12.2. The number of nitrogens with two attached hydrogens (primary N) is 1. The summed E-state index contributed by atoms with van der Waals surface area (Å²) in [5.74, 6) is -0.765. The van der Waals surface area contributed by atoms with Crippen molar-refractivity contribution < 1.29 is 19.4 Å². The van der Waals surface area contributed by atoms with Crippen LogP contribution in [-0.2, 0) is 9.53 Å². The van der Waals surface area contributed by atoms with Gasteiger partial charge in [-0.3, -0.25) is 10.1 Å². The van der Waals surface area contributed by atoms with Crippen LogP contribution in [0.3, 0.4) is 0 Å². The standard InChI is InChI=1S/C9H18N2O4/c1-5(12)6(10)7(13)11-8(14)15-9(2,3)4/h5-6,12H,10H2,1-4H3,(H,11,13,14)/t5-,6+/m1/s1. The summed E-state index contributed by atoms with van der Waals surface area (Å²) in [6.07, 6.45) is -1.89. The lowest BCUT2D eigenvalue weighted by Gasteiger charge is -2.20. The van der Waals surface area contributed by atoms with E-state index in [0.29, 0.717) is 0 Å². The molecule has 88 valence electrons. The first-order valence-corrected chi connectivity index (χ1v) is 4.61. The first-order chi connectivity index (χ1) is 6.63. The van der Waals surface area contributed by atoms with Crippen LogP contribution in [0.15, 0.2) is 0 Å². The first-order valence-electron chi connectivity index (χ1n) is 4.61. The molecule has 0 aromatic heterocycles. The Labute approximate surface area is 88.8 Å². The Morgan fingerprint density at radius 2 is 1.87 bits per heavy atom. The van der Waals surface area contributed by atoms with Crippen LogP contribution >= 0.6 is 0 Å². The van der Waals surface area contributed by atoms with Gasteiger partial charge in [-0.15, -0.1) is 0 Å². The van der Waals surface area contributed by atoms with Crippen LogP contribution in [-0.4, -0.2) is 34.9 Å². The summed E-state index contributed by atoms with van der Waals surface area (Å²) in [6.45, 7) is 6.38. The van der Waals surface area contributed by atoms with E-state index >= 15 is 0 Å². The zero-order valence-corrected chi connectivity index (χ0v) is 9.40. The van der Waals surface area contributed by atoms with Crippen molar-refractivity contribution in [3.05, 3.63) is 0 Å². The summed E-state index contributed by atoms with van der Waals surface area (Å²) in [7, 11) is 0. The van der Waals surface area contributed by atoms with Crippen LogP contribution in [0.25, 0.3) is 0 Å². The largest absolute Gasteiger partial charge is 0.444 e. The van der Waals surface area contributed by atoms with Crippen molar-refractivity contribution in [2.24, 2.45) is 5.73 Å². The van der Waals surface area contributed by atoms with Gasteiger partial charge >= 0.3 is 6.09 Å². The average molecular weight is 218 g/mol. The quantitative estimate of drug-likeness (QED) is 0.593. The summed E-state index contributed by atoms with van der Waals surface area (Å²) in [4.78, 5) is 22.3. The van der Waals surface area contributed by atoms with E-state index in [0.717, 1.165) is 0 Å². The van der Waals surface area contributed by atoms with Gasteiger partial charge in [0.15, 0.2) is 0 Å². The molecule has 0 bridgehead atoms. The third-order valence-corrected chi connectivity index (χ3v) is 1.45. The molecule has 0 spiro atoms. The van der Waals surface area contributed by atoms with Crippen LogP contribution in [0.4, 0.5) is 4.79 Å². The highest BCUT2D eigenvalue weighted by atomic mass is 16.6. The number of hydrogen-bond donors (Lipinski definition) is 3. The molecule has 0 aliphatic rings. The van der Waals surface area contributed by atoms with Gasteiger partial charge in [0.05, 0.1) is 6.10 Å². The predicted octanol–water partition coefficient (Wildman–Crippen LogP) is -0.254. The fourth-order valence-corrected chi connectivity index (χ4v) is 0.707. The molecule has 0 aromatic carbocycles.